The maximum Gasteiger partial charge on any atom is 0.317 e. The van der Waals surface area contributed by atoms with E-state index in [0.29, 0.717) is 31.0 Å². The fourth-order valence-electron chi connectivity index (χ4n) is 3.08. The Morgan fingerprint density at radius 1 is 1.13 bits per heavy atom. The van der Waals surface area contributed by atoms with E-state index >= 15 is 0 Å². The van der Waals surface area contributed by atoms with E-state index in [9.17, 15) is 9.59 Å². The first kappa shape index (κ1) is 24.8. The molecule has 170 valence electrons. The molecule has 0 bridgehead atoms. The van der Waals surface area contributed by atoms with Crippen molar-refractivity contribution in [2.45, 2.75) is 45.6 Å². The van der Waals surface area contributed by atoms with Gasteiger partial charge < -0.3 is 20.9 Å². The third-order valence-corrected chi connectivity index (χ3v) is 5.83. The smallest absolute Gasteiger partial charge is 0.317 e. The zero-order valence-corrected chi connectivity index (χ0v) is 19.7. The number of thiophene rings is 1. The van der Waals surface area contributed by atoms with Crippen LogP contribution in [0.2, 0.25) is 0 Å². The summed E-state index contributed by atoms with van der Waals surface area (Å²) in [5.41, 5.74) is 8.66. The zero-order valence-electron chi connectivity index (χ0n) is 18.9. The van der Waals surface area contributed by atoms with Crippen molar-refractivity contribution in [3.8, 4) is 0 Å². The summed E-state index contributed by atoms with van der Waals surface area (Å²) in [5, 5.41) is 6.75. The molecular formula is C23H35N5O2S. The standard InChI is InChI=1S/C23H35N5O2S/c1-4-5-6-7-10-25-23(30)28(12-11-27(2)3)15-18-8-9-21(26-14-18)22(29)13-19-16-31-17-20(19)24/h8-9,14,16-17H,4-7,10-13,15,24H2,1-3H3,(H,25,30). The molecule has 0 fully saturated rings. The molecule has 0 unspecified atom stereocenters. The molecule has 0 spiro atoms. The van der Waals surface area contributed by atoms with Crippen LogP contribution < -0.4 is 11.1 Å². The molecule has 0 radical (unpaired) electrons. The minimum atomic E-state index is -0.0639. The summed E-state index contributed by atoms with van der Waals surface area (Å²) in [7, 11) is 3.98. The van der Waals surface area contributed by atoms with Crippen molar-refractivity contribution in [2.75, 3.05) is 39.5 Å². The lowest BCUT2D eigenvalue weighted by atomic mass is 10.1. The van der Waals surface area contributed by atoms with Gasteiger partial charge in [-0.05, 0) is 43.1 Å². The largest absolute Gasteiger partial charge is 0.398 e. The predicted octanol–water partition coefficient (Wildman–Crippen LogP) is 3.80. The average Bonchev–Trinajstić information content (AvgIpc) is 3.15. The van der Waals surface area contributed by atoms with E-state index in [-0.39, 0.29) is 18.2 Å². The number of urea groups is 1. The van der Waals surface area contributed by atoms with Crippen molar-refractivity contribution in [1.82, 2.24) is 20.1 Å². The van der Waals surface area contributed by atoms with E-state index in [1.807, 2.05) is 30.9 Å². The maximum atomic E-state index is 12.7. The van der Waals surface area contributed by atoms with E-state index < -0.39 is 0 Å². The van der Waals surface area contributed by atoms with E-state index in [1.54, 1.807) is 17.2 Å². The SMILES string of the molecule is CCCCCCNC(=O)N(CCN(C)C)Cc1ccc(C(=O)Cc2cscc2N)nc1. The Balaban J connectivity index is 1.95. The van der Waals surface area contributed by atoms with Crippen LogP contribution in [0.5, 0.6) is 0 Å². The normalized spacial score (nSPS) is 11.0. The molecule has 7 nitrogen and oxygen atoms in total. The molecule has 0 saturated heterocycles. The molecule has 0 saturated carbocycles. The maximum absolute atomic E-state index is 12.7. The average molecular weight is 446 g/mol. The van der Waals surface area contributed by atoms with Gasteiger partial charge in [0.05, 0.1) is 0 Å². The number of anilines is 1. The molecule has 2 amide bonds. The number of nitrogens with one attached hydrogen (secondary N) is 1. The van der Waals surface area contributed by atoms with Crippen molar-refractivity contribution >= 4 is 28.8 Å². The molecule has 2 heterocycles. The summed E-state index contributed by atoms with van der Waals surface area (Å²) in [6, 6.07) is 3.54. The van der Waals surface area contributed by atoms with Crippen LogP contribution in [0.4, 0.5) is 10.5 Å². The number of likely N-dealkylation sites (N-methyl/N-ethyl adjacent to an activating group) is 1. The summed E-state index contributed by atoms with van der Waals surface area (Å²) >= 11 is 1.49. The number of Topliss-reactive ketones (excluding diaryl/α,β-unsaturated/α-hetero) is 1. The van der Waals surface area contributed by atoms with Crippen LogP contribution in [-0.4, -0.2) is 60.3 Å². The number of nitrogens with zero attached hydrogens (tertiary/aromatic N) is 3. The highest BCUT2D eigenvalue weighted by Gasteiger charge is 2.15. The Bertz CT molecular complexity index is 820. The lowest BCUT2D eigenvalue weighted by Crippen LogP contribution is -2.43. The summed E-state index contributed by atoms with van der Waals surface area (Å²) in [4.78, 5) is 33.4. The number of aromatic nitrogens is 1. The van der Waals surface area contributed by atoms with E-state index in [1.165, 1.54) is 24.2 Å². The van der Waals surface area contributed by atoms with Crippen molar-refractivity contribution in [2.24, 2.45) is 0 Å². The molecule has 0 aliphatic carbocycles. The fraction of sp³-hybridized carbons (Fsp3) is 0.522. The van der Waals surface area contributed by atoms with Crippen molar-refractivity contribution < 1.29 is 9.59 Å². The molecule has 31 heavy (non-hydrogen) atoms. The molecule has 3 N–H and O–H groups in total. The minimum absolute atomic E-state index is 0.0635. The van der Waals surface area contributed by atoms with Crippen molar-refractivity contribution in [1.29, 1.82) is 0 Å². The first-order chi connectivity index (χ1) is 14.9. The number of rotatable bonds is 13. The molecule has 0 aliphatic rings. The number of ketones is 1. The van der Waals surface area contributed by atoms with Crippen LogP contribution in [-0.2, 0) is 13.0 Å². The van der Waals surface area contributed by atoms with Gasteiger partial charge in [0.15, 0.2) is 5.78 Å². The second-order valence-corrected chi connectivity index (χ2v) is 8.76. The molecule has 2 aromatic heterocycles. The Morgan fingerprint density at radius 2 is 1.94 bits per heavy atom. The van der Waals surface area contributed by atoms with Gasteiger partial charge in [0, 0.05) is 49.9 Å². The number of unbranched alkanes of at least 4 members (excludes halogenated alkanes) is 3. The highest BCUT2D eigenvalue weighted by molar-refractivity contribution is 7.08. The molecule has 0 aliphatic heterocycles. The molecule has 8 heteroatoms. The van der Waals surface area contributed by atoms with Crippen molar-refractivity contribution in [3.05, 3.63) is 45.9 Å². The molecule has 0 aromatic carbocycles. The van der Waals surface area contributed by atoms with Crippen LogP contribution in [0, 0.1) is 0 Å². The Kier molecular flexibility index (Phi) is 10.5. The first-order valence-electron chi connectivity index (χ1n) is 10.9. The summed E-state index contributed by atoms with van der Waals surface area (Å²) < 4.78 is 0. The second-order valence-electron chi connectivity index (χ2n) is 8.02. The van der Waals surface area contributed by atoms with Crippen LogP contribution in [0.1, 0.15) is 54.2 Å². The molecule has 2 aromatic rings. The van der Waals surface area contributed by atoms with Crippen LogP contribution in [0.15, 0.2) is 29.1 Å². The van der Waals surface area contributed by atoms with Gasteiger partial charge in [-0.15, -0.1) is 11.3 Å². The van der Waals surface area contributed by atoms with E-state index in [4.69, 9.17) is 5.73 Å². The van der Waals surface area contributed by atoms with Crippen LogP contribution in [0.3, 0.4) is 0 Å². The predicted molar refractivity (Wildman–Crippen MR) is 128 cm³/mol. The Morgan fingerprint density at radius 3 is 2.55 bits per heavy atom. The zero-order chi connectivity index (χ0) is 22.6. The first-order valence-corrected chi connectivity index (χ1v) is 11.8. The third-order valence-electron chi connectivity index (χ3n) is 5.02. The number of carbonyl (C=O) groups is 2. The number of hydrogen-bond acceptors (Lipinski definition) is 6. The number of pyridine rings is 1. The molecule has 0 atom stereocenters. The van der Waals surface area contributed by atoms with Gasteiger partial charge in [0.25, 0.3) is 0 Å². The van der Waals surface area contributed by atoms with Gasteiger partial charge in [0.1, 0.15) is 5.69 Å². The van der Waals surface area contributed by atoms with Gasteiger partial charge in [-0.3, -0.25) is 9.78 Å². The monoisotopic (exact) mass is 445 g/mol. The summed E-state index contributed by atoms with van der Waals surface area (Å²) in [6.45, 7) is 4.70. The van der Waals surface area contributed by atoms with Gasteiger partial charge in [-0.1, -0.05) is 32.3 Å². The number of amides is 2. The van der Waals surface area contributed by atoms with Gasteiger partial charge >= 0.3 is 6.03 Å². The lowest BCUT2D eigenvalue weighted by Gasteiger charge is -2.25. The fourth-order valence-corrected chi connectivity index (χ4v) is 3.83. The topological polar surface area (TPSA) is 91.6 Å². The highest BCUT2D eigenvalue weighted by atomic mass is 32.1. The van der Waals surface area contributed by atoms with Gasteiger partial charge in [0.2, 0.25) is 0 Å². The second kappa shape index (κ2) is 13.1. The quantitative estimate of drug-likeness (QED) is 0.361. The van der Waals surface area contributed by atoms with Crippen LogP contribution >= 0.6 is 11.3 Å². The van der Waals surface area contributed by atoms with Crippen LogP contribution in [0.25, 0.3) is 0 Å². The highest BCUT2D eigenvalue weighted by Crippen LogP contribution is 2.19. The van der Waals surface area contributed by atoms with Crippen molar-refractivity contribution in [3.63, 3.8) is 0 Å². The minimum Gasteiger partial charge on any atom is -0.398 e. The third kappa shape index (κ3) is 8.67. The number of hydrogen-bond donors (Lipinski definition) is 2. The number of nitrogen functional groups attached to an aromatic ring is 1. The lowest BCUT2D eigenvalue weighted by molar-refractivity contribution is 0.0988. The number of nitrogens with two attached hydrogens (primary N) is 1. The van der Waals surface area contributed by atoms with E-state index in [0.717, 1.165) is 30.5 Å². The summed E-state index contributed by atoms with van der Waals surface area (Å²) in [5.74, 6) is -0.0639. The number of carbonyl (C=O) groups excluding carboxylic acids is 2. The van der Waals surface area contributed by atoms with E-state index in [2.05, 4.69) is 22.1 Å². The van der Waals surface area contributed by atoms with Gasteiger partial charge in [-0.25, -0.2) is 4.79 Å². The van der Waals surface area contributed by atoms with Gasteiger partial charge in [-0.2, -0.15) is 0 Å². The molecular weight excluding hydrogens is 410 g/mol. The summed E-state index contributed by atoms with van der Waals surface area (Å²) in [6.07, 6.45) is 6.42. The molecule has 2 rings (SSSR count). The Labute approximate surface area is 189 Å². The Hall–Kier alpha value is -2.45.